The quantitative estimate of drug-likeness (QED) is 0.0295. The van der Waals surface area contributed by atoms with Crippen molar-refractivity contribution in [3.63, 3.8) is 0 Å². The molecule has 20 nitrogen and oxygen atoms in total. The number of aryl methyl sites for hydroxylation is 2. The predicted octanol–water partition coefficient (Wildman–Crippen LogP) is 10.2. The van der Waals surface area contributed by atoms with Gasteiger partial charge in [0.15, 0.2) is 39.2 Å². The zero-order valence-corrected chi connectivity index (χ0v) is 54.1. The summed E-state index contributed by atoms with van der Waals surface area (Å²) in [5, 5.41) is 40.5. The lowest BCUT2D eigenvalue weighted by Gasteiger charge is -2.35. The summed E-state index contributed by atoms with van der Waals surface area (Å²) in [6.07, 6.45) is 5.02. The third-order valence-corrected chi connectivity index (χ3v) is 19.7. The Balaban J connectivity index is 0.605. The van der Waals surface area contributed by atoms with Gasteiger partial charge in [-0.25, -0.2) is 24.1 Å². The molecule has 2 fully saturated rings. The van der Waals surface area contributed by atoms with E-state index in [1.807, 2.05) is 105 Å². The molecule has 3 aliphatic rings. The Morgan fingerprint density at radius 1 is 0.889 bits per heavy atom. The van der Waals surface area contributed by atoms with Gasteiger partial charge in [-0.1, -0.05) is 93.2 Å². The summed E-state index contributed by atoms with van der Waals surface area (Å²) in [7, 11) is 0. The SMILES string of the molecule is Cc1ncsc1-c1ccc(C(C)NC(=O)[C@@H]2C[C@@H](O)CN2C(=O)C(NC(=O)CCCCCCC(=O)N2CCN(CC#Cc3ccc(OCCCc4sc(N5CCCc6c5nnc(Nc5nc7ccccc7s5)c6C)nc4C(=O)O)c(F)c3)CC2)C(C)(C)C)cc1. The zero-order chi connectivity index (χ0) is 63.6. The van der Waals surface area contributed by atoms with E-state index in [1.54, 1.807) is 34.8 Å². The van der Waals surface area contributed by atoms with E-state index < -0.39 is 41.3 Å². The van der Waals surface area contributed by atoms with Crippen LogP contribution in [0.15, 0.2) is 72.2 Å². The Morgan fingerprint density at radius 3 is 2.38 bits per heavy atom. The number of anilines is 4. The van der Waals surface area contributed by atoms with Gasteiger partial charge in [0.05, 0.1) is 51.6 Å². The summed E-state index contributed by atoms with van der Waals surface area (Å²) >= 11 is 4.41. The summed E-state index contributed by atoms with van der Waals surface area (Å²) in [5.74, 6) is 4.92. The second kappa shape index (κ2) is 29.3. The maximum Gasteiger partial charge on any atom is 0.355 e. The van der Waals surface area contributed by atoms with Gasteiger partial charge >= 0.3 is 5.97 Å². The first-order chi connectivity index (χ1) is 43.3. The van der Waals surface area contributed by atoms with Crippen molar-refractivity contribution in [1.29, 1.82) is 0 Å². The molecule has 3 aromatic carbocycles. The van der Waals surface area contributed by atoms with Crippen molar-refractivity contribution in [3.8, 4) is 28.0 Å². The van der Waals surface area contributed by atoms with Crippen molar-refractivity contribution in [2.45, 2.75) is 136 Å². The maximum absolute atomic E-state index is 15.3. The van der Waals surface area contributed by atoms with E-state index in [9.17, 15) is 34.2 Å². The van der Waals surface area contributed by atoms with E-state index in [0.29, 0.717) is 98.6 Å². The molecule has 10 rings (SSSR count). The van der Waals surface area contributed by atoms with Crippen molar-refractivity contribution in [2.75, 3.05) is 62.6 Å². The van der Waals surface area contributed by atoms with Crippen molar-refractivity contribution in [3.05, 3.63) is 117 Å². The summed E-state index contributed by atoms with van der Waals surface area (Å²) in [6, 6.07) is 18.3. The highest BCUT2D eigenvalue weighted by molar-refractivity contribution is 7.22. The molecule has 4 amide bonds. The molecule has 3 aliphatic heterocycles. The fraction of sp³-hybridized carbons (Fsp3) is 0.455. The summed E-state index contributed by atoms with van der Waals surface area (Å²) in [5.41, 5.74) is 7.39. The van der Waals surface area contributed by atoms with Gasteiger partial charge in [0.2, 0.25) is 23.6 Å². The van der Waals surface area contributed by atoms with Crippen molar-refractivity contribution >= 4 is 95.7 Å². The van der Waals surface area contributed by atoms with Crippen LogP contribution in [0.2, 0.25) is 0 Å². The number of thiazole rings is 3. The van der Waals surface area contributed by atoms with Crippen LogP contribution in [0.4, 0.5) is 26.3 Å². The molecule has 0 aliphatic carbocycles. The van der Waals surface area contributed by atoms with Crippen molar-refractivity contribution in [1.82, 2.24) is 50.5 Å². The number of hydrogen-bond donors (Lipinski definition) is 5. The zero-order valence-electron chi connectivity index (χ0n) is 51.6. The maximum atomic E-state index is 15.3. The molecule has 5 N–H and O–H groups in total. The van der Waals surface area contributed by atoms with Crippen LogP contribution in [0.25, 0.3) is 20.7 Å². The number of carbonyl (C=O) groups is 5. The second-order valence-corrected chi connectivity index (χ2v) is 27.2. The van der Waals surface area contributed by atoms with Crippen LogP contribution in [0, 0.1) is 36.9 Å². The van der Waals surface area contributed by atoms with Crippen molar-refractivity contribution in [2.24, 2.45) is 5.41 Å². The predicted molar refractivity (Wildman–Crippen MR) is 348 cm³/mol. The smallest absolute Gasteiger partial charge is 0.355 e. The normalized spacial score (nSPS) is 16.7. The number of halogens is 1. The van der Waals surface area contributed by atoms with Gasteiger partial charge in [-0.15, -0.1) is 32.9 Å². The number of aromatic carboxylic acids is 1. The highest BCUT2D eigenvalue weighted by Crippen LogP contribution is 2.40. The lowest BCUT2D eigenvalue weighted by Crippen LogP contribution is -2.57. The first-order valence-corrected chi connectivity index (χ1v) is 33.3. The minimum Gasteiger partial charge on any atom is -0.491 e. The summed E-state index contributed by atoms with van der Waals surface area (Å²) in [6.45, 7) is 15.1. The number of para-hydroxylation sites is 1. The minimum absolute atomic E-state index is 0.0108. The molecule has 4 aromatic heterocycles. The minimum atomic E-state index is -1.13. The number of nitrogens with one attached hydrogen (secondary N) is 3. The third kappa shape index (κ3) is 16.0. The number of carbonyl (C=O) groups excluding carboxylic acids is 4. The number of aliphatic hydroxyl groups is 1. The number of piperazine rings is 1. The van der Waals surface area contributed by atoms with Crippen LogP contribution >= 0.6 is 34.0 Å². The van der Waals surface area contributed by atoms with Crippen molar-refractivity contribution < 1.29 is 43.3 Å². The number of rotatable bonds is 23. The average molecular weight is 1280 g/mol. The highest BCUT2D eigenvalue weighted by atomic mass is 32.1. The molecule has 24 heteroatoms. The number of unbranched alkanes of at least 4 members (excludes halogenated alkanes) is 3. The molecule has 7 aromatic rings. The number of likely N-dealkylation sites (tertiary alicyclic amines) is 1. The molecule has 0 spiro atoms. The van der Waals surface area contributed by atoms with Gasteiger partial charge in [-0.05, 0) is 106 Å². The molecular formula is C66H77FN12O8S3. The van der Waals surface area contributed by atoms with Crippen LogP contribution in [-0.4, -0.2) is 150 Å². The second-order valence-electron chi connectivity index (χ2n) is 24.3. The largest absolute Gasteiger partial charge is 0.491 e. The number of benzene rings is 3. The van der Waals surface area contributed by atoms with Gasteiger partial charge in [-0.2, -0.15) is 0 Å². The molecule has 2 saturated heterocycles. The third-order valence-electron chi connectivity index (χ3n) is 16.6. The van der Waals surface area contributed by atoms with Crippen LogP contribution < -0.4 is 25.6 Å². The lowest BCUT2D eigenvalue weighted by molar-refractivity contribution is -0.144. The number of hydrogen-bond acceptors (Lipinski definition) is 18. The number of aromatic nitrogens is 5. The van der Waals surface area contributed by atoms with E-state index in [0.717, 1.165) is 73.9 Å². The monoisotopic (exact) mass is 1280 g/mol. The molecule has 7 heterocycles. The van der Waals surface area contributed by atoms with Crippen LogP contribution in [0.5, 0.6) is 5.75 Å². The van der Waals surface area contributed by atoms with E-state index in [4.69, 9.17) is 4.74 Å². The fourth-order valence-electron chi connectivity index (χ4n) is 11.5. The average Bonchev–Trinajstić information content (AvgIpc) is 1.66. The first kappa shape index (κ1) is 65.0. The Morgan fingerprint density at radius 2 is 1.66 bits per heavy atom. The number of nitrogens with zero attached hydrogens (tertiary/aromatic N) is 9. The van der Waals surface area contributed by atoms with E-state index in [1.165, 1.54) is 22.3 Å². The number of carboxylic acids is 1. The van der Waals surface area contributed by atoms with Crippen LogP contribution in [-0.2, 0) is 32.0 Å². The van der Waals surface area contributed by atoms with E-state index in [2.05, 4.69) is 57.8 Å². The van der Waals surface area contributed by atoms with Crippen LogP contribution in [0.1, 0.15) is 135 Å². The molecule has 474 valence electrons. The number of amides is 4. The Hall–Kier alpha value is -7.95. The number of fused-ring (bicyclic) bond motifs is 2. The standard InChI is InChI=1S/C66H77FN12O8S3/c1-40-47-17-14-30-78(60(47)75-74-59(40)73-64-70-49-18-11-12-19-52(49)89-64)65-72-56(63(85)86)53(90-65)20-15-35-87-51-28-23-43(36-48(51)67)16-13-29-76-31-33-77(34-32-76)55(82)22-10-8-7-9-21-54(81)71-58(66(4,5)6)62(84)79-38-46(80)37-50(79)61(83)69-41(2)44-24-26-45(27-25-44)57-42(3)68-39-88-57/h11-12,18-19,23-28,36,39,41,46,50,58,80H,7-10,14-15,17,20-22,29-35,37-38H2,1-6H3,(H,69,83)(H,71,81)(H,85,86)(H,70,73,74)/t41?,46-,50+,58?/m1/s1. The highest BCUT2D eigenvalue weighted by Gasteiger charge is 2.45. The van der Waals surface area contributed by atoms with E-state index in [-0.39, 0.29) is 61.2 Å². The Labute approximate surface area is 535 Å². The van der Waals surface area contributed by atoms with Gasteiger partial charge in [0.1, 0.15) is 12.1 Å². The van der Waals surface area contributed by atoms with Crippen LogP contribution in [0.3, 0.4) is 0 Å². The Kier molecular flexibility index (Phi) is 21.2. The lowest BCUT2D eigenvalue weighted by atomic mass is 9.85. The van der Waals surface area contributed by atoms with Gasteiger partial charge in [0, 0.05) is 80.1 Å². The first-order valence-electron chi connectivity index (χ1n) is 30.8. The Bertz CT molecular complexity index is 3760. The van der Waals surface area contributed by atoms with E-state index >= 15 is 4.39 Å². The molecule has 0 bridgehead atoms. The summed E-state index contributed by atoms with van der Waals surface area (Å²) < 4.78 is 22.2. The number of carboxylic acid groups (broad SMARTS) is 1. The van der Waals surface area contributed by atoms with Gasteiger partial charge in [-0.3, -0.25) is 24.1 Å². The molecule has 0 saturated carbocycles. The van der Waals surface area contributed by atoms with Gasteiger partial charge < -0.3 is 45.6 Å². The molecule has 2 unspecified atom stereocenters. The molecule has 90 heavy (non-hydrogen) atoms. The number of β-amino-alcohol motifs (C(OH)–C–C–N with tert-alkyl or cyclic N) is 1. The van der Waals surface area contributed by atoms with Gasteiger partial charge in [0.25, 0.3) is 0 Å². The summed E-state index contributed by atoms with van der Waals surface area (Å²) in [4.78, 5) is 89.4. The fourth-order valence-corrected chi connectivity index (χ4v) is 14.3. The molecule has 4 atom stereocenters. The molecular weight excluding hydrogens is 1200 g/mol. The molecule has 0 radical (unpaired) electrons. The number of ether oxygens (including phenoxy) is 1. The number of aliphatic hydroxyl groups excluding tert-OH is 1. The topological polar surface area (TPSA) is 249 Å².